The van der Waals surface area contributed by atoms with Gasteiger partial charge in [-0.05, 0) is 33.0 Å². The predicted molar refractivity (Wildman–Crippen MR) is 78.9 cm³/mol. The molecule has 7 heteroatoms. The van der Waals surface area contributed by atoms with Crippen LogP contribution in [0.25, 0.3) is 0 Å². The van der Waals surface area contributed by atoms with Crippen LogP contribution in [0.4, 0.5) is 0 Å². The van der Waals surface area contributed by atoms with Crippen molar-refractivity contribution < 1.29 is 9.59 Å². The summed E-state index contributed by atoms with van der Waals surface area (Å²) in [5, 5.41) is 2.71. The molecule has 19 heavy (non-hydrogen) atoms. The lowest BCUT2D eigenvalue weighted by Crippen LogP contribution is -2.45. The third kappa shape index (κ3) is 4.43. The number of hydrogen-bond donors (Lipinski definition) is 2. The monoisotopic (exact) mass is 301 g/mol. The fourth-order valence-electron chi connectivity index (χ4n) is 1.59. The molecule has 0 aliphatic rings. The molecular weight excluding hydrogens is 282 g/mol. The molecule has 1 heterocycles. The van der Waals surface area contributed by atoms with Crippen molar-refractivity contribution in [3.05, 3.63) is 14.5 Å². The Balaban J connectivity index is 2.58. The third-order valence-electron chi connectivity index (χ3n) is 2.84. The number of aromatic nitrogens is 1. The van der Waals surface area contributed by atoms with Gasteiger partial charge in [-0.2, -0.15) is 0 Å². The van der Waals surface area contributed by atoms with Crippen LogP contribution in [0.15, 0.2) is 0 Å². The summed E-state index contributed by atoms with van der Waals surface area (Å²) in [6.07, 6.45) is 0.247. The van der Waals surface area contributed by atoms with Gasteiger partial charge in [0, 0.05) is 24.2 Å². The highest BCUT2D eigenvalue weighted by Gasteiger charge is 2.19. The van der Waals surface area contributed by atoms with Gasteiger partial charge in [-0.1, -0.05) is 0 Å². The van der Waals surface area contributed by atoms with Gasteiger partial charge >= 0.3 is 0 Å². The van der Waals surface area contributed by atoms with Crippen molar-refractivity contribution in [3.8, 4) is 0 Å². The molecule has 0 saturated heterocycles. The Labute approximate surface area is 122 Å². The molecule has 0 bridgehead atoms. The first-order valence-corrected chi connectivity index (χ1v) is 7.30. The van der Waals surface area contributed by atoms with Crippen LogP contribution in [0.2, 0.25) is 0 Å². The van der Waals surface area contributed by atoms with E-state index >= 15 is 0 Å². The van der Waals surface area contributed by atoms with Crippen molar-refractivity contribution in [3.63, 3.8) is 0 Å². The highest BCUT2D eigenvalue weighted by molar-refractivity contribution is 7.73. The minimum Gasteiger partial charge on any atom is -0.344 e. The minimum absolute atomic E-state index is 0.0886. The Bertz CT molecular complexity index is 521. The lowest BCUT2D eigenvalue weighted by atomic mass is 10.2. The molecule has 0 aromatic carbocycles. The van der Waals surface area contributed by atoms with E-state index in [9.17, 15) is 9.59 Å². The topological polar surface area (TPSA) is 65.2 Å². The van der Waals surface area contributed by atoms with Gasteiger partial charge in [0.2, 0.25) is 11.8 Å². The number of likely N-dealkylation sites (N-methyl/N-ethyl adjacent to an activating group) is 1. The van der Waals surface area contributed by atoms with Crippen LogP contribution in [0, 0.1) is 10.9 Å². The molecular formula is C12H19N3O2S2. The average Bonchev–Trinajstić information content (AvgIpc) is 2.65. The van der Waals surface area contributed by atoms with Gasteiger partial charge in [-0.15, -0.1) is 11.3 Å². The van der Waals surface area contributed by atoms with E-state index in [-0.39, 0.29) is 18.2 Å². The molecule has 2 amide bonds. The second kappa shape index (κ2) is 6.81. The number of amides is 2. The molecule has 0 radical (unpaired) electrons. The van der Waals surface area contributed by atoms with E-state index in [1.165, 1.54) is 11.3 Å². The number of carbonyl (C=O) groups excluding carboxylic acids is 2. The molecule has 0 spiro atoms. The first-order valence-electron chi connectivity index (χ1n) is 6.08. The molecule has 0 aliphatic heterocycles. The van der Waals surface area contributed by atoms with E-state index in [4.69, 9.17) is 12.2 Å². The van der Waals surface area contributed by atoms with E-state index in [1.54, 1.807) is 18.9 Å². The molecule has 5 nitrogen and oxygen atoms in total. The fourth-order valence-corrected chi connectivity index (χ4v) is 2.88. The Morgan fingerprint density at radius 1 is 1.53 bits per heavy atom. The van der Waals surface area contributed by atoms with Crippen LogP contribution in [0.3, 0.4) is 0 Å². The van der Waals surface area contributed by atoms with Gasteiger partial charge < -0.3 is 15.2 Å². The van der Waals surface area contributed by atoms with E-state index in [0.717, 1.165) is 10.6 Å². The van der Waals surface area contributed by atoms with Crippen molar-refractivity contribution >= 4 is 35.4 Å². The maximum Gasteiger partial charge on any atom is 0.244 e. The standard InChI is InChI=1S/C12H19N3O2S2/c1-5-15(4)11(17)8(3)13-10(16)6-9-7(2)14-12(18)19-9/h8H,5-6H2,1-4H3,(H,13,16)(H,14,18). The summed E-state index contributed by atoms with van der Waals surface area (Å²) in [7, 11) is 1.72. The van der Waals surface area contributed by atoms with Crippen LogP contribution >= 0.6 is 23.6 Å². The molecule has 1 rings (SSSR count). The molecule has 2 N–H and O–H groups in total. The average molecular weight is 301 g/mol. The van der Waals surface area contributed by atoms with E-state index < -0.39 is 6.04 Å². The summed E-state index contributed by atoms with van der Waals surface area (Å²) in [5.41, 5.74) is 0.912. The number of carbonyl (C=O) groups is 2. The zero-order chi connectivity index (χ0) is 14.6. The van der Waals surface area contributed by atoms with Gasteiger partial charge in [-0.3, -0.25) is 9.59 Å². The third-order valence-corrected chi connectivity index (χ3v) is 4.18. The highest BCUT2D eigenvalue weighted by Crippen LogP contribution is 2.15. The van der Waals surface area contributed by atoms with Gasteiger partial charge in [0.25, 0.3) is 0 Å². The summed E-state index contributed by atoms with van der Waals surface area (Å²) in [5.74, 6) is -0.257. The van der Waals surface area contributed by atoms with Crippen molar-refractivity contribution in [1.29, 1.82) is 0 Å². The number of nitrogens with zero attached hydrogens (tertiary/aromatic N) is 1. The second-order valence-corrected chi connectivity index (χ2v) is 6.15. The van der Waals surface area contributed by atoms with Crippen LogP contribution in [-0.2, 0) is 16.0 Å². The largest absolute Gasteiger partial charge is 0.344 e. The smallest absolute Gasteiger partial charge is 0.244 e. The molecule has 1 aromatic heterocycles. The summed E-state index contributed by atoms with van der Waals surface area (Å²) in [6, 6.07) is -0.510. The van der Waals surface area contributed by atoms with Crippen LogP contribution < -0.4 is 5.32 Å². The highest BCUT2D eigenvalue weighted by atomic mass is 32.1. The maximum absolute atomic E-state index is 11.9. The quantitative estimate of drug-likeness (QED) is 0.813. The molecule has 1 unspecified atom stereocenters. The number of aromatic amines is 1. The van der Waals surface area contributed by atoms with Crippen LogP contribution in [0.1, 0.15) is 24.4 Å². The Hall–Kier alpha value is -1.21. The predicted octanol–water partition coefficient (Wildman–Crippen LogP) is 1.64. The van der Waals surface area contributed by atoms with Crippen molar-refractivity contribution in [1.82, 2.24) is 15.2 Å². The van der Waals surface area contributed by atoms with Crippen molar-refractivity contribution in [2.75, 3.05) is 13.6 Å². The summed E-state index contributed by atoms with van der Waals surface area (Å²) in [6.45, 7) is 6.09. The minimum atomic E-state index is -0.510. The van der Waals surface area contributed by atoms with Crippen molar-refractivity contribution in [2.45, 2.75) is 33.2 Å². The summed E-state index contributed by atoms with van der Waals surface area (Å²) in [4.78, 5) is 29.2. The van der Waals surface area contributed by atoms with E-state index in [2.05, 4.69) is 10.3 Å². The van der Waals surface area contributed by atoms with Gasteiger partial charge in [-0.25, -0.2) is 0 Å². The normalized spacial score (nSPS) is 12.0. The first-order chi connectivity index (χ1) is 8.85. The number of hydrogen-bond acceptors (Lipinski definition) is 4. The lowest BCUT2D eigenvalue weighted by molar-refractivity contribution is -0.134. The molecule has 0 saturated carbocycles. The molecule has 106 valence electrons. The van der Waals surface area contributed by atoms with Crippen LogP contribution in [0.5, 0.6) is 0 Å². The molecule has 0 aliphatic carbocycles. The zero-order valence-electron chi connectivity index (χ0n) is 11.6. The number of aryl methyl sites for hydroxylation is 1. The zero-order valence-corrected chi connectivity index (χ0v) is 13.2. The second-order valence-electron chi connectivity index (χ2n) is 4.38. The fraction of sp³-hybridized carbons (Fsp3) is 0.583. The number of nitrogens with one attached hydrogen (secondary N) is 2. The van der Waals surface area contributed by atoms with E-state index in [0.29, 0.717) is 10.5 Å². The SMILES string of the molecule is CCN(C)C(=O)C(C)NC(=O)Cc1sc(=S)[nH]c1C. The summed E-state index contributed by atoms with van der Waals surface area (Å²) < 4.78 is 0.662. The summed E-state index contributed by atoms with van der Waals surface area (Å²) >= 11 is 6.42. The number of H-pyrrole nitrogens is 1. The molecule has 1 atom stereocenters. The van der Waals surface area contributed by atoms with Gasteiger partial charge in [0.1, 0.15) is 6.04 Å². The Morgan fingerprint density at radius 2 is 2.16 bits per heavy atom. The van der Waals surface area contributed by atoms with E-state index in [1.807, 2.05) is 13.8 Å². The number of thiazole rings is 1. The van der Waals surface area contributed by atoms with Gasteiger partial charge in [0.15, 0.2) is 3.95 Å². The number of rotatable bonds is 5. The Morgan fingerprint density at radius 3 is 2.63 bits per heavy atom. The van der Waals surface area contributed by atoms with Crippen LogP contribution in [-0.4, -0.2) is 41.3 Å². The lowest BCUT2D eigenvalue weighted by Gasteiger charge is -2.20. The molecule has 0 fully saturated rings. The first kappa shape index (κ1) is 15.8. The Kier molecular flexibility index (Phi) is 5.68. The van der Waals surface area contributed by atoms with Crippen molar-refractivity contribution in [2.24, 2.45) is 0 Å². The maximum atomic E-state index is 11.9. The van der Waals surface area contributed by atoms with Gasteiger partial charge in [0.05, 0.1) is 6.42 Å². The molecule has 1 aromatic rings.